The summed E-state index contributed by atoms with van der Waals surface area (Å²) in [4.78, 5) is 17.1. The lowest BCUT2D eigenvalue weighted by Crippen LogP contribution is -2.19. The average Bonchev–Trinajstić information content (AvgIpc) is 2.95. The highest BCUT2D eigenvalue weighted by Gasteiger charge is 2.23. The van der Waals surface area contributed by atoms with E-state index in [-0.39, 0.29) is 5.91 Å². The first kappa shape index (κ1) is 16.1. The van der Waals surface area contributed by atoms with Gasteiger partial charge in [-0.25, -0.2) is 4.99 Å². The van der Waals surface area contributed by atoms with Crippen molar-refractivity contribution in [1.82, 2.24) is 5.32 Å². The molecule has 122 valence electrons. The van der Waals surface area contributed by atoms with Gasteiger partial charge in [0.15, 0.2) is 5.17 Å². The van der Waals surface area contributed by atoms with Gasteiger partial charge in [-0.3, -0.25) is 4.79 Å². The molecule has 3 rings (SSSR count). The highest BCUT2D eigenvalue weighted by molar-refractivity contribution is 8.18. The van der Waals surface area contributed by atoms with Crippen LogP contribution in [0.4, 0.5) is 5.69 Å². The average molecular weight is 340 g/mol. The maximum Gasteiger partial charge on any atom is 0.264 e. The minimum atomic E-state index is -0.150. The quantitative estimate of drug-likeness (QED) is 0.864. The van der Waals surface area contributed by atoms with E-state index in [1.807, 2.05) is 54.6 Å². The Kier molecular flexibility index (Phi) is 4.86. The summed E-state index contributed by atoms with van der Waals surface area (Å²) in [5.74, 6) is 1.40. The van der Waals surface area contributed by atoms with Crippen LogP contribution in [-0.4, -0.2) is 25.3 Å². The van der Waals surface area contributed by atoms with Crippen LogP contribution in [0.2, 0.25) is 0 Å². The van der Waals surface area contributed by atoms with E-state index in [2.05, 4.69) is 10.3 Å². The molecule has 1 saturated heterocycles. The van der Waals surface area contributed by atoms with Crippen LogP contribution in [0.15, 0.2) is 58.4 Å². The maximum atomic E-state index is 12.1. The lowest BCUT2D eigenvalue weighted by Gasteiger charge is -2.00. The van der Waals surface area contributed by atoms with E-state index in [0.29, 0.717) is 10.1 Å². The summed E-state index contributed by atoms with van der Waals surface area (Å²) < 4.78 is 10.2. The molecule has 0 aromatic heterocycles. The van der Waals surface area contributed by atoms with Crippen LogP contribution in [0.5, 0.6) is 11.5 Å². The zero-order valence-electron chi connectivity index (χ0n) is 13.3. The molecule has 0 bridgehead atoms. The third kappa shape index (κ3) is 3.78. The van der Waals surface area contributed by atoms with Crippen molar-refractivity contribution in [3.63, 3.8) is 0 Å². The van der Waals surface area contributed by atoms with Crippen molar-refractivity contribution in [2.45, 2.75) is 0 Å². The van der Waals surface area contributed by atoms with Gasteiger partial charge in [-0.2, -0.15) is 0 Å². The number of benzene rings is 2. The summed E-state index contributed by atoms with van der Waals surface area (Å²) in [7, 11) is 3.24. The van der Waals surface area contributed by atoms with Crippen LogP contribution in [0.25, 0.3) is 6.08 Å². The van der Waals surface area contributed by atoms with Crippen LogP contribution in [0, 0.1) is 0 Å². The standard InChI is InChI=1S/C18H16N2O3S/c1-22-14-7-3-12(4-8-14)11-16-17(21)20-18(24-16)19-13-5-9-15(23-2)10-6-13/h3-11H,1-2H3,(H,19,20,21)/b16-11-. The van der Waals surface area contributed by atoms with Crippen molar-refractivity contribution in [3.05, 3.63) is 59.0 Å². The van der Waals surface area contributed by atoms with Crippen molar-refractivity contribution >= 4 is 34.6 Å². The first-order valence-electron chi connectivity index (χ1n) is 7.25. The van der Waals surface area contributed by atoms with Gasteiger partial charge in [-0.15, -0.1) is 0 Å². The third-order valence-corrected chi connectivity index (χ3v) is 4.28. The van der Waals surface area contributed by atoms with Gasteiger partial charge in [-0.05, 0) is 59.8 Å². The van der Waals surface area contributed by atoms with E-state index in [1.54, 1.807) is 14.2 Å². The predicted molar refractivity (Wildman–Crippen MR) is 96.8 cm³/mol. The number of carbonyl (C=O) groups excluding carboxylic acids is 1. The summed E-state index contributed by atoms with van der Waals surface area (Å²) in [5, 5.41) is 3.33. The topological polar surface area (TPSA) is 59.9 Å². The zero-order chi connectivity index (χ0) is 16.9. The van der Waals surface area contributed by atoms with Crippen molar-refractivity contribution in [1.29, 1.82) is 0 Å². The van der Waals surface area contributed by atoms with E-state index in [0.717, 1.165) is 22.7 Å². The minimum absolute atomic E-state index is 0.150. The van der Waals surface area contributed by atoms with Gasteiger partial charge in [0.1, 0.15) is 11.5 Å². The Bertz CT molecular complexity index is 796. The summed E-state index contributed by atoms with van der Waals surface area (Å²) in [6.45, 7) is 0. The highest BCUT2D eigenvalue weighted by atomic mass is 32.2. The summed E-state index contributed by atoms with van der Waals surface area (Å²) in [6.07, 6.45) is 1.83. The van der Waals surface area contributed by atoms with E-state index in [9.17, 15) is 4.79 Å². The van der Waals surface area contributed by atoms with E-state index < -0.39 is 0 Å². The number of rotatable bonds is 4. The molecule has 1 aliphatic heterocycles. The van der Waals surface area contributed by atoms with E-state index in [4.69, 9.17) is 9.47 Å². The van der Waals surface area contributed by atoms with Gasteiger partial charge in [0.25, 0.3) is 5.91 Å². The van der Waals surface area contributed by atoms with Gasteiger partial charge in [0, 0.05) is 0 Å². The molecule has 0 atom stereocenters. The zero-order valence-corrected chi connectivity index (χ0v) is 14.1. The molecule has 0 unspecified atom stereocenters. The number of amides is 1. The van der Waals surface area contributed by atoms with Crippen molar-refractivity contribution < 1.29 is 14.3 Å². The molecule has 6 heteroatoms. The van der Waals surface area contributed by atoms with Crippen LogP contribution in [-0.2, 0) is 4.79 Å². The van der Waals surface area contributed by atoms with Crippen LogP contribution in [0.1, 0.15) is 5.56 Å². The molecular weight excluding hydrogens is 324 g/mol. The van der Waals surface area contributed by atoms with E-state index >= 15 is 0 Å². The van der Waals surface area contributed by atoms with Crippen molar-refractivity contribution in [3.8, 4) is 11.5 Å². The molecule has 24 heavy (non-hydrogen) atoms. The number of hydrogen-bond acceptors (Lipinski definition) is 5. The van der Waals surface area contributed by atoms with Gasteiger partial charge in [0.05, 0.1) is 24.8 Å². The molecule has 2 aromatic carbocycles. The van der Waals surface area contributed by atoms with Crippen LogP contribution in [0.3, 0.4) is 0 Å². The number of carbonyl (C=O) groups is 1. The first-order chi connectivity index (χ1) is 11.7. The number of aliphatic imine (C=N–C) groups is 1. The second-order valence-electron chi connectivity index (χ2n) is 4.95. The summed E-state index contributed by atoms with van der Waals surface area (Å²) in [5.41, 5.74) is 1.68. The SMILES string of the molecule is COc1ccc(/C=C2\SC(=Nc3ccc(OC)cc3)NC2=O)cc1. The normalized spacial score (nSPS) is 17.2. The van der Waals surface area contributed by atoms with Gasteiger partial charge < -0.3 is 14.8 Å². The molecular formula is C18H16N2O3S. The molecule has 0 saturated carbocycles. The number of hydrogen-bond donors (Lipinski definition) is 1. The Morgan fingerprint density at radius 3 is 2.12 bits per heavy atom. The summed E-state index contributed by atoms with van der Waals surface area (Å²) in [6, 6.07) is 14.8. The lowest BCUT2D eigenvalue weighted by molar-refractivity contribution is -0.115. The van der Waals surface area contributed by atoms with Crippen LogP contribution < -0.4 is 14.8 Å². The lowest BCUT2D eigenvalue weighted by atomic mass is 10.2. The number of ether oxygens (including phenoxy) is 2. The van der Waals surface area contributed by atoms with Gasteiger partial charge >= 0.3 is 0 Å². The minimum Gasteiger partial charge on any atom is -0.497 e. The van der Waals surface area contributed by atoms with Gasteiger partial charge in [0.2, 0.25) is 0 Å². The first-order valence-corrected chi connectivity index (χ1v) is 8.07. The Hall–Kier alpha value is -2.73. The Morgan fingerprint density at radius 1 is 0.958 bits per heavy atom. The number of nitrogens with zero attached hydrogens (tertiary/aromatic N) is 1. The molecule has 0 radical (unpaired) electrons. The largest absolute Gasteiger partial charge is 0.497 e. The van der Waals surface area contributed by atoms with Crippen molar-refractivity contribution in [2.24, 2.45) is 4.99 Å². The molecule has 1 amide bonds. The molecule has 0 spiro atoms. The fraction of sp³-hybridized carbons (Fsp3) is 0.111. The molecule has 2 aromatic rings. The highest BCUT2D eigenvalue weighted by Crippen LogP contribution is 2.28. The maximum absolute atomic E-state index is 12.1. The third-order valence-electron chi connectivity index (χ3n) is 3.37. The monoisotopic (exact) mass is 340 g/mol. The number of methoxy groups -OCH3 is 2. The smallest absolute Gasteiger partial charge is 0.264 e. The number of thioether (sulfide) groups is 1. The van der Waals surface area contributed by atoms with Crippen molar-refractivity contribution in [2.75, 3.05) is 14.2 Å². The molecule has 1 aliphatic rings. The molecule has 1 fully saturated rings. The second kappa shape index (κ2) is 7.23. The van der Waals surface area contributed by atoms with Crippen LogP contribution >= 0.6 is 11.8 Å². The Morgan fingerprint density at radius 2 is 1.54 bits per heavy atom. The Labute approximate surface area is 144 Å². The number of amidine groups is 1. The fourth-order valence-electron chi connectivity index (χ4n) is 2.11. The second-order valence-corrected chi connectivity index (χ2v) is 5.98. The fourth-order valence-corrected chi connectivity index (χ4v) is 2.95. The molecule has 1 N–H and O–H groups in total. The van der Waals surface area contributed by atoms with Gasteiger partial charge in [-0.1, -0.05) is 12.1 Å². The number of nitrogens with one attached hydrogen (secondary N) is 1. The Balaban J connectivity index is 1.76. The molecule has 1 heterocycles. The molecule has 0 aliphatic carbocycles. The van der Waals surface area contributed by atoms with E-state index in [1.165, 1.54) is 11.8 Å². The predicted octanol–water partition coefficient (Wildman–Crippen LogP) is 3.60. The molecule has 5 nitrogen and oxygen atoms in total. The summed E-state index contributed by atoms with van der Waals surface area (Å²) >= 11 is 1.32.